The van der Waals surface area contributed by atoms with Crippen LogP contribution in [0.15, 0.2) is 23.6 Å². The molecule has 0 unspecified atom stereocenters. The van der Waals surface area contributed by atoms with E-state index >= 15 is 0 Å². The molecule has 1 amide bonds. The van der Waals surface area contributed by atoms with Crippen molar-refractivity contribution in [3.63, 3.8) is 0 Å². The Balaban J connectivity index is 2.00. The summed E-state index contributed by atoms with van der Waals surface area (Å²) in [6.07, 6.45) is 11.0. The van der Waals surface area contributed by atoms with E-state index in [0.29, 0.717) is 0 Å². The van der Waals surface area contributed by atoms with E-state index in [-0.39, 0.29) is 5.91 Å². The van der Waals surface area contributed by atoms with E-state index in [1.165, 1.54) is 32.1 Å². The normalized spacial score (nSPS) is 10.9. The number of carbonyl (C=O) groups excluding carboxylic acids is 1. The predicted octanol–water partition coefficient (Wildman–Crippen LogP) is 4.24. The summed E-state index contributed by atoms with van der Waals surface area (Å²) >= 11 is 1.64. The van der Waals surface area contributed by atoms with E-state index in [4.69, 9.17) is 0 Å². The number of amides is 1. The zero-order chi connectivity index (χ0) is 13.1. The standard InChI is InChI=1S/C15H23NOS/c1-2-3-4-5-6-7-12-16-15(17)11-10-14-9-8-13-18-14/h8-11,13H,2-7,12H2,1H3,(H,16,17)/b11-10+. The van der Waals surface area contributed by atoms with Crippen molar-refractivity contribution >= 4 is 23.3 Å². The van der Waals surface area contributed by atoms with Crippen molar-refractivity contribution in [2.75, 3.05) is 6.54 Å². The van der Waals surface area contributed by atoms with Gasteiger partial charge in [-0.25, -0.2) is 0 Å². The van der Waals surface area contributed by atoms with Gasteiger partial charge in [-0.2, -0.15) is 0 Å². The maximum atomic E-state index is 11.5. The highest BCUT2D eigenvalue weighted by molar-refractivity contribution is 7.10. The van der Waals surface area contributed by atoms with Crippen molar-refractivity contribution in [1.29, 1.82) is 0 Å². The van der Waals surface area contributed by atoms with Gasteiger partial charge in [-0.3, -0.25) is 4.79 Å². The number of rotatable bonds is 9. The summed E-state index contributed by atoms with van der Waals surface area (Å²) in [6.45, 7) is 3.01. The van der Waals surface area contributed by atoms with Gasteiger partial charge in [0.2, 0.25) is 5.91 Å². The third-order valence-electron chi connectivity index (χ3n) is 2.77. The number of hydrogen-bond donors (Lipinski definition) is 1. The minimum Gasteiger partial charge on any atom is -0.353 e. The summed E-state index contributed by atoms with van der Waals surface area (Å²) < 4.78 is 0. The van der Waals surface area contributed by atoms with Crippen LogP contribution in [0.1, 0.15) is 50.3 Å². The molecule has 0 aliphatic carbocycles. The van der Waals surface area contributed by atoms with E-state index in [1.54, 1.807) is 17.4 Å². The van der Waals surface area contributed by atoms with Gasteiger partial charge in [0.05, 0.1) is 0 Å². The summed E-state index contributed by atoms with van der Waals surface area (Å²) in [6, 6.07) is 3.99. The average molecular weight is 265 g/mol. The minimum absolute atomic E-state index is 0.0111. The SMILES string of the molecule is CCCCCCCCNC(=O)/C=C/c1cccs1. The molecule has 1 aromatic heterocycles. The summed E-state index contributed by atoms with van der Waals surface area (Å²) in [4.78, 5) is 12.6. The maximum absolute atomic E-state index is 11.5. The van der Waals surface area contributed by atoms with Crippen LogP contribution in [0.25, 0.3) is 6.08 Å². The van der Waals surface area contributed by atoms with Crippen molar-refractivity contribution in [1.82, 2.24) is 5.32 Å². The fourth-order valence-corrected chi connectivity index (χ4v) is 2.34. The molecule has 0 spiro atoms. The Bertz CT molecular complexity index is 343. The summed E-state index contributed by atoms with van der Waals surface area (Å²) in [5, 5.41) is 4.92. The lowest BCUT2D eigenvalue weighted by atomic mass is 10.1. The molecule has 0 radical (unpaired) electrons. The molecule has 1 rings (SSSR count). The monoisotopic (exact) mass is 265 g/mol. The fraction of sp³-hybridized carbons (Fsp3) is 0.533. The number of hydrogen-bond acceptors (Lipinski definition) is 2. The van der Waals surface area contributed by atoms with E-state index < -0.39 is 0 Å². The molecule has 0 saturated carbocycles. The van der Waals surface area contributed by atoms with Crippen LogP contribution < -0.4 is 5.32 Å². The second kappa shape index (κ2) is 9.89. The highest BCUT2D eigenvalue weighted by Gasteiger charge is 1.95. The topological polar surface area (TPSA) is 29.1 Å². The van der Waals surface area contributed by atoms with Gasteiger partial charge in [0.25, 0.3) is 0 Å². The first-order valence-electron chi connectivity index (χ1n) is 6.82. The minimum atomic E-state index is 0.0111. The molecule has 1 heterocycles. The molecule has 100 valence electrons. The summed E-state index contributed by atoms with van der Waals surface area (Å²) in [5.41, 5.74) is 0. The maximum Gasteiger partial charge on any atom is 0.244 e. The third-order valence-corrected chi connectivity index (χ3v) is 3.61. The molecule has 3 heteroatoms. The first-order chi connectivity index (χ1) is 8.83. The first-order valence-corrected chi connectivity index (χ1v) is 7.70. The Kier molecular flexibility index (Phi) is 8.23. The number of carbonyl (C=O) groups is 1. The Hall–Kier alpha value is -1.09. The molecule has 0 saturated heterocycles. The van der Waals surface area contributed by atoms with Gasteiger partial charge >= 0.3 is 0 Å². The van der Waals surface area contributed by atoms with Crippen LogP contribution in [0, 0.1) is 0 Å². The molecule has 0 aromatic carbocycles. The van der Waals surface area contributed by atoms with Crippen LogP contribution in [0.4, 0.5) is 0 Å². The highest BCUT2D eigenvalue weighted by Crippen LogP contribution is 2.09. The molecule has 1 N–H and O–H groups in total. The number of nitrogens with one attached hydrogen (secondary N) is 1. The molecular formula is C15H23NOS. The third kappa shape index (κ3) is 7.28. The van der Waals surface area contributed by atoms with E-state index in [9.17, 15) is 4.79 Å². The molecule has 2 nitrogen and oxygen atoms in total. The smallest absolute Gasteiger partial charge is 0.244 e. The predicted molar refractivity (Wildman–Crippen MR) is 79.7 cm³/mol. The Morgan fingerprint density at radius 2 is 2.06 bits per heavy atom. The Morgan fingerprint density at radius 3 is 2.78 bits per heavy atom. The first kappa shape index (κ1) is 15.0. The van der Waals surface area contributed by atoms with Crippen LogP contribution >= 0.6 is 11.3 Å². The average Bonchev–Trinajstić information content (AvgIpc) is 2.88. The lowest BCUT2D eigenvalue weighted by molar-refractivity contribution is -0.116. The molecule has 0 aliphatic rings. The lowest BCUT2D eigenvalue weighted by Crippen LogP contribution is -2.21. The second-order valence-corrected chi connectivity index (χ2v) is 5.39. The Morgan fingerprint density at radius 1 is 1.28 bits per heavy atom. The second-order valence-electron chi connectivity index (χ2n) is 4.41. The zero-order valence-corrected chi connectivity index (χ0v) is 12.0. The van der Waals surface area contributed by atoms with Crippen molar-refractivity contribution in [2.45, 2.75) is 45.4 Å². The van der Waals surface area contributed by atoms with Gasteiger partial charge in [-0.05, 0) is 23.9 Å². The van der Waals surface area contributed by atoms with Crippen molar-refractivity contribution < 1.29 is 4.79 Å². The van der Waals surface area contributed by atoms with E-state index in [2.05, 4.69) is 12.2 Å². The van der Waals surface area contributed by atoms with Crippen LogP contribution in [0.2, 0.25) is 0 Å². The largest absolute Gasteiger partial charge is 0.353 e. The van der Waals surface area contributed by atoms with Gasteiger partial charge in [0.15, 0.2) is 0 Å². The molecule has 0 bridgehead atoms. The molecule has 0 aliphatic heterocycles. The van der Waals surface area contributed by atoms with Crippen LogP contribution in [0.3, 0.4) is 0 Å². The van der Waals surface area contributed by atoms with Gasteiger partial charge in [0.1, 0.15) is 0 Å². The van der Waals surface area contributed by atoms with E-state index in [1.807, 2.05) is 23.6 Å². The molecular weight excluding hydrogens is 242 g/mol. The van der Waals surface area contributed by atoms with Gasteiger partial charge in [0, 0.05) is 17.5 Å². The van der Waals surface area contributed by atoms with Crippen molar-refractivity contribution in [3.05, 3.63) is 28.5 Å². The molecule has 0 atom stereocenters. The number of unbranched alkanes of at least 4 members (excludes halogenated alkanes) is 5. The molecule has 0 fully saturated rings. The lowest BCUT2D eigenvalue weighted by Gasteiger charge is -2.02. The van der Waals surface area contributed by atoms with Crippen molar-refractivity contribution in [3.8, 4) is 0 Å². The van der Waals surface area contributed by atoms with Crippen molar-refractivity contribution in [2.24, 2.45) is 0 Å². The van der Waals surface area contributed by atoms with Gasteiger partial charge in [-0.15, -0.1) is 11.3 Å². The van der Waals surface area contributed by atoms with Crippen LogP contribution in [-0.4, -0.2) is 12.5 Å². The molecule has 1 aromatic rings. The van der Waals surface area contributed by atoms with Gasteiger partial charge < -0.3 is 5.32 Å². The highest BCUT2D eigenvalue weighted by atomic mass is 32.1. The summed E-state index contributed by atoms with van der Waals surface area (Å²) in [5.74, 6) is 0.0111. The summed E-state index contributed by atoms with van der Waals surface area (Å²) in [7, 11) is 0. The zero-order valence-electron chi connectivity index (χ0n) is 11.2. The quantitative estimate of drug-likeness (QED) is 0.525. The van der Waals surface area contributed by atoms with E-state index in [0.717, 1.165) is 17.8 Å². The number of thiophene rings is 1. The molecule has 18 heavy (non-hydrogen) atoms. The van der Waals surface area contributed by atoms with Crippen LogP contribution in [-0.2, 0) is 4.79 Å². The van der Waals surface area contributed by atoms with Crippen LogP contribution in [0.5, 0.6) is 0 Å². The Labute approximate surface area is 114 Å². The van der Waals surface area contributed by atoms with Gasteiger partial charge in [-0.1, -0.05) is 45.1 Å². The fourth-order valence-electron chi connectivity index (χ4n) is 1.72.